The molecule has 1 aromatic heterocycles. The van der Waals surface area contributed by atoms with Crippen molar-refractivity contribution in [2.75, 3.05) is 16.0 Å². The second-order valence-electron chi connectivity index (χ2n) is 5.40. The minimum atomic E-state index is -0.721. The number of carbonyl (C=O) groups is 1. The van der Waals surface area contributed by atoms with Gasteiger partial charge in [-0.05, 0) is 30.3 Å². The van der Waals surface area contributed by atoms with Crippen LogP contribution in [0.15, 0.2) is 54.9 Å². The second kappa shape index (κ2) is 7.56. The van der Waals surface area contributed by atoms with E-state index in [1.54, 1.807) is 24.3 Å². The molecule has 0 saturated heterocycles. The van der Waals surface area contributed by atoms with Crippen molar-refractivity contribution in [3.05, 3.63) is 66.5 Å². The van der Waals surface area contributed by atoms with Gasteiger partial charge in [0.25, 0.3) is 0 Å². The summed E-state index contributed by atoms with van der Waals surface area (Å²) in [6, 6.07) is 12.1. The summed E-state index contributed by atoms with van der Waals surface area (Å²) in [6.07, 6.45) is 1.26. The number of halogens is 2. The fourth-order valence-electron chi connectivity index (χ4n) is 2.27. The fraction of sp³-hybridized carbons (Fsp3) is 0.0556. The molecule has 132 valence electrons. The predicted molar refractivity (Wildman–Crippen MR) is 95.7 cm³/mol. The Kier molecular flexibility index (Phi) is 5.02. The molecule has 3 rings (SSSR count). The molecule has 6 nitrogen and oxygen atoms in total. The number of hydrogen-bond donors (Lipinski definition) is 3. The van der Waals surface area contributed by atoms with Gasteiger partial charge in [0.15, 0.2) is 0 Å². The van der Waals surface area contributed by atoms with Gasteiger partial charge in [0, 0.05) is 24.4 Å². The van der Waals surface area contributed by atoms with Crippen LogP contribution in [0.1, 0.15) is 6.92 Å². The predicted octanol–water partition coefficient (Wildman–Crippen LogP) is 4.20. The van der Waals surface area contributed by atoms with Crippen LogP contribution < -0.4 is 16.0 Å². The lowest BCUT2D eigenvalue weighted by Crippen LogP contribution is -2.06. The maximum atomic E-state index is 13.7. The Balaban J connectivity index is 1.79. The van der Waals surface area contributed by atoms with E-state index in [2.05, 4.69) is 25.9 Å². The van der Waals surface area contributed by atoms with Gasteiger partial charge in [0.1, 0.15) is 35.3 Å². The van der Waals surface area contributed by atoms with Crippen LogP contribution in [0.4, 0.5) is 37.5 Å². The molecular formula is C18H15F2N5O. The van der Waals surface area contributed by atoms with E-state index in [9.17, 15) is 13.6 Å². The molecule has 1 amide bonds. The highest BCUT2D eigenvalue weighted by molar-refractivity contribution is 5.89. The van der Waals surface area contributed by atoms with Crippen LogP contribution >= 0.6 is 0 Å². The van der Waals surface area contributed by atoms with Gasteiger partial charge >= 0.3 is 0 Å². The first kappa shape index (κ1) is 17.3. The Labute approximate surface area is 148 Å². The van der Waals surface area contributed by atoms with Gasteiger partial charge in [0.05, 0.1) is 0 Å². The van der Waals surface area contributed by atoms with Crippen molar-refractivity contribution in [3.8, 4) is 0 Å². The van der Waals surface area contributed by atoms with E-state index in [-0.39, 0.29) is 17.4 Å². The van der Waals surface area contributed by atoms with Gasteiger partial charge in [-0.25, -0.2) is 18.7 Å². The number of anilines is 5. The topological polar surface area (TPSA) is 78.9 Å². The Morgan fingerprint density at radius 1 is 0.885 bits per heavy atom. The molecule has 0 fully saturated rings. The molecule has 0 unspecified atom stereocenters. The van der Waals surface area contributed by atoms with Gasteiger partial charge in [-0.3, -0.25) is 4.79 Å². The number of para-hydroxylation sites is 1. The first-order valence-electron chi connectivity index (χ1n) is 7.69. The zero-order chi connectivity index (χ0) is 18.5. The summed E-state index contributed by atoms with van der Waals surface area (Å²) >= 11 is 0. The summed E-state index contributed by atoms with van der Waals surface area (Å²) < 4.78 is 27.5. The first-order chi connectivity index (χ1) is 12.5. The number of rotatable bonds is 5. The number of amides is 1. The normalized spacial score (nSPS) is 10.3. The third kappa shape index (κ3) is 4.29. The standard InChI is InChI=1S/C18H15F2N5O/c1-11(26)23-12-4-2-5-13(8-12)24-16-9-17(22-10-21-16)25-18-14(19)6-3-7-15(18)20/h2-10H,1H3,(H,23,26)(H2,21,22,24,25). The summed E-state index contributed by atoms with van der Waals surface area (Å²) in [5.74, 6) is -0.978. The number of nitrogens with one attached hydrogen (secondary N) is 3. The minimum absolute atomic E-state index is 0.178. The molecule has 3 N–H and O–H groups in total. The number of carbonyl (C=O) groups excluding carboxylic acids is 1. The van der Waals surface area contributed by atoms with Crippen molar-refractivity contribution >= 4 is 34.6 Å². The van der Waals surface area contributed by atoms with Crippen molar-refractivity contribution in [3.63, 3.8) is 0 Å². The maximum Gasteiger partial charge on any atom is 0.221 e. The van der Waals surface area contributed by atoms with Gasteiger partial charge < -0.3 is 16.0 Å². The van der Waals surface area contributed by atoms with E-state index in [0.29, 0.717) is 17.2 Å². The van der Waals surface area contributed by atoms with Gasteiger partial charge in [-0.2, -0.15) is 0 Å². The van der Waals surface area contributed by atoms with Crippen LogP contribution in [0.3, 0.4) is 0 Å². The molecule has 0 radical (unpaired) electrons. The van der Waals surface area contributed by atoms with Crippen molar-refractivity contribution in [2.45, 2.75) is 6.92 Å². The summed E-state index contributed by atoms with van der Waals surface area (Å²) in [4.78, 5) is 19.2. The largest absolute Gasteiger partial charge is 0.340 e. The number of aromatic nitrogens is 2. The van der Waals surface area contributed by atoms with Crippen LogP contribution in [0.25, 0.3) is 0 Å². The van der Waals surface area contributed by atoms with Gasteiger partial charge in [-0.1, -0.05) is 12.1 Å². The van der Waals surface area contributed by atoms with Gasteiger partial charge in [-0.15, -0.1) is 0 Å². The molecule has 0 aliphatic carbocycles. The Morgan fingerprint density at radius 3 is 2.19 bits per heavy atom. The third-order valence-electron chi connectivity index (χ3n) is 3.34. The molecule has 0 bridgehead atoms. The summed E-state index contributed by atoms with van der Waals surface area (Å²) in [5.41, 5.74) is 1.02. The Bertz CT molecular complexity index is 928. The van der Waals surface area contributed by atoms with Crippen molar-refractivity contribution in [2.24, 2.45) is 0 Å². The van der Waals surface area contributed by atoms with E-state index < -0.39 is 11.6 Å². The van der Waals surface area contributed by atoms with Gasteiger partial charge in [0.2, 0.25) is 5.91 Å². The fourth-order valence-corrected chi connectivity index (χ4v) is 2.27. The number of hydrogen-bond acceptors (Lipinski definition) is 5. The number of benzene rings is 2. The highest BCUT2D eigenvalue weighted by Gasteiger charge is 2.09. The Hall–Kier alpha value is -3.55. The monoisotopic (exact) mass is 355 g/mol. The first-order valence-corrected chi connectivity index (χ1v) is 7.69. The molecular weight excluding hydrogens is 340 g/mol. The Morgan fingerprint density at radius 2 is 1.50 bits per heavy atom. The lowest BCUT2D eigenvalue weighted by atomic mass is 10.2. The highest BCUT2D eigenvalue weighted by atomic mass is 19.1. The van der Waals surface area contributed by atoms with Crippen molar-refractivity contribution < 1.29 is 13.6 Å². The lowest BCUT2D eigenvalue weighted by molar-refractivity contribution is -0.114. The summed E-state index contributed by atoms with van der Waals surface area (Å²) in [5, 5.41) is 8.33. The molecule has 3 aromatic rings. The molecule has 0 saturated carbocycles. The molecule has 0 atom stereocenters. The van der Waals surface area contributed by atoms with Crippen molar-refractivity contribution in [1.29, 1.82) is 0 Å². The van der Waals surface area contributed by atoms with Crippen LogP contribution in [0.5, 0.6) is 0 Å². The van der Waals surface area contributed by atoms with E-state index in [0.717, 1.165) is 12.1 Å². The zero-order valence-electron chi connectivity index (χ0n) is 13.8. The molecule has 0 aliphatic heterocycles. The number of nitrogens with zero attached hydrogens (tertiary/aromatic N) is 2. The SMILES string of the molecule is CC(=O)Nc1cccc(Nc2cc(Nc3c(F)cccc3F)ncn2)c1. The maximum absolute atomic E-state index is 13.7. The highest BCUT2D eigenvalue weighted by Crippen LogP contribution is 2.24. The van der Waals surface area contributed by atoms with E-state index in [1.807, 2.05) is 0 Å². The average molecular weight is 355 g/mol. The van der Waals surface area contributed by atoms with Crippen LogP contribution in [-0.4, -0.2) is 15.9 Å². The molecule has 0 aliphatic rings. The molecule has 1 heterocycles. The molecule has 8 heteroatoms. The minimum Gasteiger partial charge on any atom is -0.340 e. The molecule has 0 spiro atoms. The van der Waals surface area contributed by atoms with Crippen LogP contribution in [0, 0.1) is 11.6 Å². The second-order valence-corrected chi connectivity index (χ2v) is 5.40. The van der Waals surface area contributed by atoms with Crippen molar-refractivity contribution in [1.82, 2.24) is 9.97 Å². The average Bonchev–Trinajstić information content (AvgIpc) is 2.58. The van der Waals surface area contributed by atoms with Crippen LogP contribution in [-0.2, 0) is 4.79 Å². The lowest BCUT2D eigenvalue weighted by Gasteiger charge is -2.11. The van der Waals surface area contributed by atoms with E-state index >= 15 is 0 Å². The van der Waals surface area contributed by atoms with E-state index in [4.69, 9.17) is 0 Å². The smallest absolute Gasteiger partial charge is 0.221 e. The van der Waals surface area contributed by atoms with Crippen LogP contribution in [0.2, 0.25) is 0 Å². The molecule has 2 aromatic carbocycles. The summed E-state index contributed by atoms with van der Waals surface area (Å²) in [6.45, 7) is 1.42. The zero-order valence-corrected chi connectivity index (χ0v) is 13.8. The van der Waals surface area contributed by atoms with E-state index in [1.165, 1.54) is 25.4 Å². The molecule has 26 heavy (non-hydrogen) atoms. The summed E-state index contributed by atoms with van der Waals surface area (Å²) in [7, 11) is 0. The third-order valence-corrected chi connectivity index (χ3v) is 3.34. The quantitative estimate of drug-likeness (QED) is 0.639.